The summed E-state index contributed by atoms with van der Waals surface area (Å²) in [6.07, 6.45) is 7.05. The largest absolute Gasteiger partial charge is 0.348 e. The highest BCUT2D eigenvalue weighted by molar-refractivity contribution is 6.33. The Balaban J connectivity index is 1.64. The van der Waals surface area contributed by atoms with E-state index in [1.165, 1.54) is 25.7 Å². The lowest BCUT2D eigenvalue weighted by atomic mass is 9.84. The molecule has 0 saturated heterocycles. The molecule has 4 nitrogen and oxygen atoms in total. The lowest BCUT2D eigenvalue weighted by molar-refractivity contribution is 0.0909. The number of nitrogens with zero attached hydrogens (tertiary/aromatic N) is 2. The Morgan fingerprint density at radius 1 is 1.55 bits per heavy atom. The van der Waals surface area contributed by atoms with Gasteiger partial charge in [-0.05, 0) is 50.9 Å². The van der Waals surface area contributed by atoms with Crippen molar-refractivity contribution in [1.29, 1.82) is 0 Å². The lowest BCUT2D eigenvalue weighted by Gasteiger charge is -2.28. The summed E-state index contributed by atoms with van der Waals surface area (Å²) in [6, 6.07) is 0.209. The van der Waals surface area contributed by atoms with Crippen LogP contribution < -0.4 is 5.32 Å². The van der Waals surface area contributed by atoms with Gasteiger partial charge in [0.05, 0.1) is 5.02 Å². The molecule has 1 aromatic heterocycles. The van der Waals surface area contributed by atoms with Crippen LogP contribution in [0.4, 0.5) is 0 Å². The average Bonchev–Trinajstić information content (AvgIpc) is 3.12. The Labute approximate surface area is 124 Å². The third-order valence-corrected chi connectivity index (χ3v) is 5.33. The minimum absolute atomic E-state index is 0.141. The van der Waals surface area contributed by atoms with Gasteiger partial charge < -0.3 is 5.32 Å². The summed E-state index contributed by atoms with van der Waals surface area (Å²) in [5.74, 6) is 2.19. The van der Waals surface area contributed by atoms with Gasteiger partial charge in [0.1, 0.15) is 0 Å². The number of hydrogen-bond acceptors (Lipinski definition) is 2. The molecule has 2 bridgehead atoms. The summed E-state index contributed by atoms with van der Waals surface area (Å²) in [6.45, 7) is 4.81. The molecule has 1 amide bonds. The van der Waals surface area contributed by atoms with Crippen LogP contribution in [-0.4, -0.2) is 21.7 Å². The normalized spacial score (nSPS) is 29.6. The topological polar surface area (TPSA) is 46.9 Å². The van der Waals surface area contributed by atoms with Crippen molar-refractivity contribution in [3.05, 3.63) is 16.9 Å². The maximum Gasteiger partial charge on any atom is 0.273 e. The fraction of sp³-hybridized carbons (Fsp3) is 0.733. The summed E-state index contributed by atoms with van der Waals surface area (Å²) in [5, 5.41) is 7.77. The van der Waals surface area contributed by atoms with Crippen LogP contribution in [0.15, 0.2) is 6.20 Å². The molecule has 4 atom stereocenters. The standard InChI is InChI=1S/C15H22ClN3O/c1-3-19-8-13(16)14(18-19)15(20)17-9(2)12-7-10-4-5-11(12)6-10/h8-12H,3-7H2,1-2H3,(H,17,20)/t9-,10+,11+,12+/m1/s1. The van der Waals surface area contributed by atoms with Gasteiger partial charge in [0, 0.05) is 18.8 Å². The molecule has 0 aliphatic heterocycles. The minimum atomic E-state index is -0.141. The Morgan fingerprint density at radius 3 is 2.90 bits per heavy atom. The number of rotatable bonds is 4. The number of hydrogen-bond donors (Lipinski definition) is 1. The molecule has 2 aliphatic carbocycles. The minimum Gasteiger partial charge on any atom is -0.348 e. The molecule has 2 aliphatic rings. The summed E-state index contributed by atoms with van der Waals surface area (Å²) < 4.78 is 1.69. The summed E-state index contributed by atoms with van der Waals surface area (Å²) >= 11 is 6.08. The Morgan fingerprint density at radius 2 is 2.35 bits per heavy atom. The van der Waals surface area contributed by atoms with Crippen molar-refractivity contribution in [3.63, 3.8) is 0 Å². The molecule has 110 valence electrons. The molecule has 3 rings (SSSR count). The van der Waals surface area contributed by atoms with Crippen LogP contribution in [0.2, 0.25) is 5.02 Å². The van der Waals surface area contributed by atoms with E-state index in [-0.39, 0.29) is 11.9 Å². The first-order valence-corrected chi connectivity index (χ1v) is 8.00. The number of halogens is 1. The van der Waals surface area contributed by atoms with E-state index in [0.29, 0.717) is 16.6 Å². The lowest BCUT2D eigenvalue weighted by Crippen LogP contribution is -2.40. The van der Waals surface area contributed by atoms with E-state index in [9.17, 15) is 4.79 Å². The van der Waals surface area contributed by atoms with Gasteiger partial charge in [-0.3, -0.25) is 9.48 Å². The van der Waals surface area contributed by atoms with Crippen LogP contribution in [0.3, 0.4) is 0 Å². The van der Waals surface area contributed by atoms with E-state index in [2.05, 4.69) is 17.3 Å². The van der Waals surface area contributed by atoms with E-state index in [1.54, 1.807) is 10.9 Å². The molecule has 1 aromatic rings. The van der Waals surface area contributed by atoms with Crippen molar-refractivity contribution in [2.45, 2.75) is 52.1 Å². The van der Waals surface area contributed by atoms with Crippen LogP contribution in [0, 0.1) is 17.8 Å². The maximum absolute atomic E-state index is 12.3. The van der Waals surface area contributed by atoms with E-state index >= 15 is 0 Å². The second-order valence-corrected chi connectivity index (χ2v) is 6.69. The van der Waals surface area contributed by atoms with Gasteiger partial charge in [-0.1, -0.05) is 18.0 Å². The van der Waals surface area contributed by atoms with Crippen LogP contribution in [0.5, 0.6) is 0 Å². The molecule has 0 spiro atoms. The van der Waals surface area contributed by atoms with Gasteiger partial charge in [0.2, 0.25) is 0 Å². The van der Waals surface area contributed by atoms with Crippen LogP contribution in [0.25, 0.3) is 0 Å². The molecule has 2 saturated carbocycles. The highest BCUT2D eigenvalue weighted by Crippen LogP contribution is 2.49. The zero-order valence-corrected chi connectivity index (χ0v) is 12.9. The summed E-state index contributed by atoms with van der Waals surface area (Å²) in [7, 11) is 0. The fourth-order valence-corrected chi connectivity index (χ4v) is 4.24. The van der Waals surface area contributed by atoms with E-state index < -0.39 is 0 Å². The van der Waals surface area contributed by atoms with E-state index in [4.69, 9.17) is 11.6 Å². The zero-order chi connectivity index (χ0) is 14.3. The number of fused-ring (bicyclic) bond motifs is 2. The molecule has 20 heavy (non-hydrogen) atoms. The van der Waals surface area contributed by atoms with Gasteiger partial charge in [0.25, 0.3) is 5.91 Å². The highest BCUT2D eigenvalue weighted by atomic mass is 35.5. The average molecular weight is 296 g/mol. The van der Waals surface area contributed by atoms with Crippen molar-refractivity contribution in [1.82, 2.24) is 15.1 Å². The first kappa shape index (κ1) is 13.9. The number of carbonyl (C=O) groups is 1. The molecule has 0 unspecified atom stereocenters. The monoisotopic (exact) mass is 295 g/mol. The van der Waals surface area contributed by atoms with E-state index in [0.717, 1.165) is 18.4 Å². The third-order valence-electron chi connectivity index (χ3n) is 5.05. The highest BCUT2D eigenvalue weighted by Gasteiger charge is 2.42. The number of aryl methyl sites for hydroxylation is 1. The summed E-state index contributed by atoms with van der Waals surface area (Å²) in [4.78, 5) is 12.3. The van der Waals surface area contributed by atoms with Gasteiger partial charge >= 0.3 is 0 Å². The quantitative estimate of drug-likeness (QED) is 0.928. The molecule has 1 N–H and O–H groups in total. The predicted octanol–water partition coefficient (Wildman–Crippen LogP) is 3.11. The molecular weight excluding hydrogens is 274 g/mol. The predicted molar refractivity (Wildman–Crippen MR) is 78.8 cm³/mol. The van der Waals surface area contributed by atoms with Crippen molar-refractivity contribution < 1.29 is 4.79 Å². The Hall–Kier alpha value is -1.03. The number of carbonyl (C=O) groups excluding carboxylic acids is 1. The maximum atomic E-state index is 12.3. The SMILES string of the molecule is CCn1cc(Cl)c(C(=O)N[C@H](C)[C@@H]2C[C@H]3CC[C@H]2C3)n1. The zero-order valence-electron chi connectivity index (χ0n) is 12.1. The van der Waals surface area contributed by atoms with E-state index in [1.807, 2.05) is 6.92 Å². The number of aromatic nitrogens is 2. The molecular formula is C15H22ClN3O. The van der Waals surface area contributed by atoms with Gasteiger partial charge in [-0.25, -0.2) is 0 Å². The van der Waals surface area contributed by atoms with Gasteiger partial charge in [0.15, 0.2) is 5.69 Å². The molecule has 0 aromatic carbocycles. The van der Waals surface area contributed by atoms with Crippen molar-refractivity contribution >= 4 is 17.5 Å². The number of nitrogens with one attached hydrogen (secondary N) is 1. The van der Waals surface area contributed by atoms with Crippen LogP contribution in [0.1, 0.15) is 50.0 Å². The molecule has 1 heterocycles. The first-order valence-electron chi connectivity index (χ1n) is 7.62. The molecule has 0 radical (unpaired) electrons. The van der Waals surface area contributed by atoms with Crippen molar-refractivity contribution in [2.24, 2.45) is 17.8 Å². The summed E-state index contributed by atoms with van der Waals surface area (Å²) in [5.41, 5.74) is 0.350. The van der Waals surface area contributed by atoms with Crippen molar-refractivity contribution in [2.75, 3.05) is 0 Å². The fourth-order valence-electron chi connectivity index (χ4n) is 4.00. The smallest absolute Gasteiger partial charge is 0.273 e. The molecule has 5 heteroatoms. The number of amides is 1. The second-order valence-electron chi connectivity index (χ2n) is 6.28. The van der Waals surface area contributed by atoms with Crippen LogP contribution >= 0.6 is 11.6 Å². The van der Waals surface area contributed by atoms with Crippen molar-refractivity contribution in [3.8, 4) is 0 Å². The van der Waals surface area contributed by atoms with Gasteiger partial charge in [-0.2, -0.15) is 5.10 Å². The Kier molecular flexibility index (Phi) is 3.76. The van der Waals surface area contributed by atoms with Gasteiger partial charge in [-0.15, -0.1) is 0 Å². The molecule has 2 fully saturated rings. The first-order chi connectivity index (χ1) is 9.58. The second kappa shape index (κ2) is 5.40. The third kappa shape index (κ3) is 2.46. The Bertz CT molecular complexity index is 513. The van der Waals surface area contributed by atoms with Crippen LogP contribution in [-0.2, 0) is 6.54 Å².